The maximum absolute atomic E-state index is 11.7. The van der Waals surface area contributed by atoms with Crippen molar-refractivity contribution < 1.29 is 23.3 Å². The van der Waals surface area contributed by atoms with Gasteiger partial charge in [-0.15, -0.1) is 0 Å². The Kier molecular flexibility index (Phi) is 4.47. The summed E-state index contributed by atoms with van der Waals surface area (Å²) in [6.07, 6.45) is 0. The van der Waals surface area contributed by atoms with Crippen LogP contribution in [-0.2, 0) is 15.5 Å². The highest BCUT2D eigenvalue weighted by Crippen LogP contribution is 2.13. The van der Waals surface area contributed by atoms with Gasteiger partial charge in [0.1, 0.15) is 0 Å². The van der Waals surface area contributed by atoms with E-state index >= 15 is 0 Å². The second-order valence-corrected chi connectivity index (χ2v) is 5.94. The van der Waals surface area contributed by atoms with Crippen molar-refractivity contribution in [3.8, 4) is 0 Å². The number of carboxylic acid groups (broad SMARTS) is 1. The van der Waals surface area contributed by atoms with E-state index in [2.05, 4.69) is 0 Å². The van der Waals surface area contributed by atoms with Crippen LogP contribution in [0.3, 0.4) is 0 Å². The molecule has 0 aliphatic rings. The van der Waals surface area contributed by atoms with Gasteiger partial charge in [0.15, 0.2) is 5.09 Å². The van der Waals surface area contributed by atoms with Crippen LogP contribution >= 0.6 is 0 Å². The lowest BCUT2D eigenvalue weighted by atomic mass is 10.2. The fraction of sp³-hybridized carbons (Fsp3) is 0.545. The summed E-state index contributed by atoms with van der Waals surface area (Å²) >= 11 is 0. The van der Waals surface area contributed by atoms with E-state index in [1.807, 2.05) is 20.8 Å². The summed E-state index contributed by atoms with van der Waals surface area (Å²) < 4.78 is 22.1. The fourth-order valence-corrected chi connectivity index (χ4v) is 1.92. The largest absolute Gasteiger partial charge is 0.475 e. The van der Waals surface area contributed by atoms with Crippen LogP contribution in [0.25, 0.3) is 0 Å². The van der Waals surface area contributed by atoms with E-state index in [1.54, 1.807) is 0 Å². The van der Waals surface area contributed by atoms with Crippen molar-refractivity contribution in [3.63, 3.8) is 0 Å². The Morgan fingerprint density at radius 2 is 2.12 bits per heavy atom. The zero-order valence-corrected chi connectivity index (χ0v) is 10.9. The molecule has 1 rings (SSSR count). The predicted molar refractivity (Wildman–Crippen MR) is 62.6 cm³/mol. The molecular weight excluding hydrogens is 244 g/mol. The molecule has 1 aromatic heterocycles. The third-order valence-corrected chi connectivity index (χ3v) is 3.03. The lowest BCUT2D eigenvalue weighted by Crippen LogP contribution is -2.22. The highest BCUT2D eigenvalue weighted by atomic mass is 32.2. The fourth-order valence-electron chi connectivity index (χ4n) is 1.08. The van der Waals surface area contributed by atoms with Crippen LogP contribution in [0.5, 0.6) is 0 Å². The van der Waals surface area contributed by atoms with Crippen molar-refractivity contribution in [1.82, 2.24) is 0 Å². The van der Waals surface area contributed by atoms with E-state index in [1.165, 1.54) is 12.1 Å². The van der Waals surface area contributed by atoms with Crippen LogP contribution in [0.4, 0.5) is 0 Å². The molecule has 1 heterocycles. The normalized spacial score (nSPS) is 13.6. The van der Waals surface area contributed by atoms with Gasteiger partial charge in [-0.25, -0.2) is 4.79 Å². The van der Waals surface area contributed by atoms with Gasteiger partial charge in [0, 0.05) is 0 Å². The Balaban J connectivity index is 2.50. The topological polar surface area (TPSA) is 76.7 Å². The summed E-state index contributed by atoms with van der Waals surface area (Å²) in [5.41, 5.74) is -0.278. The van der Waals surface area contributed by atoms with Crippen molar-refractivity contribution in [2.75, 3.05) is 12.4 Å². The quantitative estimate of drug-likeness (QED) is 0.875. The average molecular weight is 260 g/mol. The minimum Gasteiger partial charge on any atom is -0.475 e. The molecular formula is C11H16O5S. The molecule has 1 N–H and O–H groups in total. The highest BCUT2D eigenvalue weighted by Gasteiger charge is 2.15. The van der Waals surface area contributed by atoms with Gasteiger partial charge in [0.2, 0.25) is 5.76 Å². The van der Waals surface area contributed by atoms with Crippen molar-refractivity contribution in [3.05, 3.63) is 17.9 Å². The Morgan fingerprint density at radius 3 is 2.59 bits per heavy atom. The molecule has 96 valence electrons. The van der Waals surface area contributed by atoms with Crippen LogP contribution in [0.15, 0.2) is 21.6 Å². The van der Waals surface area contributed by atoms with Crippen molar-refractivity contribution in [2.24, 2.45) is 0 Å². The molecule has 6 heteroatoms. The first-order chi connectivity index (χ1) is 7.79. The standard InChI is InChI=1S/C11H16O5S/c1-11(2,3)15-6-7-17(14)9-5-4-8(16-9)10(12)13/h4-5H,6-7H2,1-3H3,(H,12,13). The van der Waals surface area contributed by atoms with E-state index in [4.69, 9.17) is 14.3 Å². The van der Waals surface area contributed by atoms with Crippen LogP contribution in [-0.4, -0.2) is 33.2 Å². The first-order valence-electron chi connectivity index (χ1n) is 5.15. The number of hydrogen-bond donors (Lipinski definition) is 1. The molecule has 0 saturated heterocycles. The van der Waals surface area contributed by atoms with Gasteiger partial charge in [-0.05, 0) is 32.9 Å². The Labute approximate surface area is 102 Å². The Hall–Kier alpha value is -1.14. The van der Waals surface area contributed by atoms with Gasteiger partial charge in [-0.3, -0.25) is 4.21 Å². The van der Waals surface area contributed by atoms with Crippen LogP contribution < -0.4 is 0 Å². The zero-order valence-electron chi connectivity index (χ0n) is 10.1. The Morgan fingerprint density at radius 1 is 1.47 bits per heavy atom. The lowest BCUT2D eigenvalue weighted by Gasteiger charge is -2.18. The summed E-state index contributed by atoms with van der Waals surface area (Å²) in [5.74, 6) is -1.09. The molecule has 0 radical (unpaired) electrons. The molecule has 0 fully saturated rings. The summed E-state index contributed by atoms with van der Waals surface area (Å²) in [6.45, 7) is 6.06. The Bertz CT molecular complexity index is 416. The molecule has 0 amide bonds. The van der Waals surface area contributed by atoms with Crippen LogP contribution in [0.2, 0.25) is 0 Å². The first-order valence-corrected chi connectivity index (χ1v) is 6.47. The molecule has 0 bridgehead atoms. The maximum Gasteiger partial charge on any atom is 0.371 e. The third kappa shape index (κ3) is 4.70. The zero-order chi connectivity index (χ0) is 13.1. The number of carboxylic acids is 1. The monoisotopic (exact) mass is 260 g/mol. The molecule has 17 heavy (non-hydrogen) atoms. The van der Waals surface area contributed by atoms with Gasteiger partial charge < -0.3 is 14.3 Å². The van der Waals surface area contributed by atoms with Gasteiger partial charge in [-0.2, -0.15) is 0 Å². The van der Waals surface area contributed by atoms with Crippen molar-refractivity contribution in [2.45, 2.75) is 31.5 Å². The molecule has 0 aliphatic heterocycles. The number of hydrogen-bond acceptors (Lipinski definition) is 4. The summed E-state index contributed by atoms with van der Waals surface area (Å²) in [5, 5.41) is 8.81. The van der Waals surface area contributed by atoms with Crippen molar-refractivity contribution in [1.29, 1.82) is 0 Å². The molecule has 5 nitrogen and oxygen atoms in total. The van der Waals surface area contributed by atoms with E-state index in [0.717, 1.165) is 0 Å². The third-order valence-electron chi connectivity index (χ3n) is 1.82. The second kappa shape index (κ2) is 5.46. The molecule has 1 unspecified atom stereocenters. The highest BCUT2D eigenvalue weighted by molar-refractivity contribution is 7.84. The average Bonchev–Trinajstić information content (AvgIpc) is 2.63. The van der Waals surface area contributed by atoms with Crippen molar-refractivity contribution >= 4 is 16.8 Å². The molecule has 0 aliphatic carbocycles. The summed E-state index contributed by atoms with van der Waals surface area (Å²) in [4.78, 5) is 10.6. The smallest absolute Gasteiger partial charge is 0.371 e. The number of ether oxygens (including phenoxy) is 1. The number of furan rings is 1. The van der Waals surface area contributed by atoms with Gasteiger partial charge in [0.25, 0.3) is 0 Å². The van der Waals surface area contributed by atoms with E-state index < -0.39 is 16.8 Å². The van der Waals surface area contributed by atoms with Gasteiger partial charge in [0.05, 0.1) is 28.8 Å². The van der Waals surface area contributed by atoms with Crippen LogP contribution in [0, 0.1) is 0 Å². The first kappa shape index (κ1) is 13.9. The predicted octanol–water partition coefficient (Wildman–Crippen LogP) is 1.90. The second-order valence-electron chi connectivity index (χ2n) is 4.43. The molecule has 0 aromatic carbocycles. The summed E-state index contributed by atoms with van der Waals surface area (Å²) in [6, 6.07) is 2.71. The van der Waals surface area contributed by atoms with E-state index in [-0.39, 0.29) is 22.2 Å². The number of aromatic carboxylic acids is 1. The molecule has 1 aromatic rings. The molecule has 0 spiro atoms. The van der Waals surface area contributed by atoms with E-state index in [0.29, 0.717) is 6.61 Å². The molecule has 0 saturated carbocycles. The van der Waals surface area contributed by atoms with Gasteiger partial charge >= 0.3 is 5.97 Å². The minimum absolute atomic E-state index is 0.167. The van der Waals surface area contributed by atoms with E-state index in [9.17, 15) is 9.00 Å². The van der Waals surface area contributed by atoms with Crippen LogP contribution in [0.1, 0.15) is 31.3 Å². The lowest BCUT2D eigenvalue weighted by molar-refractivity contribution is 0.00663. The minimum atomic E-state index is -1.37. The SMILES string of the molecule is CC(C)(C)OCCS(=O)c1ccc(C(=O)O)o1. The number of rotatable bonds is 5. The summed E-state index contributed by atoms with van der Waals surface area (Å²) in [7, 11) is -1.37. The maximum atomic E-state index is 11.7. The number of carbonyl (C=O) groups is 1. The van der Waals surface area contributed by atoms with Gasteiger partial charge in [-0.1, -0.05) is 0 Å². The molecule has 1 atom stereocenters.